The molecule has 0 bridgehead atoms. The Labute approximate surface area is 128 Å². The number of aryl methyl sites for hydroxylation is 1. The first kappa shape index (κ1) is 15.8. The monoisotopic (exact) mass is 301 g/mol. The lowest BCUT2D eigenvalue weighted by atomic mass is 10.2. The van der Waals surface area contributed by atoms with Gasteiger partial charge in [0.2, 0.25) is 0 Å². The van der Waals surface area contributed by atoms with E-state index in [1.54, 1.807) is 10.7 Å². The van der Waals surface area contributed by atoms with Gasteiger partial charge in [-0.3, -0.25) is 9.59 Å². The van der Waals surface area contributed by atoms with Gasteiger partial charge in [-0.25, -0.2) is 4.68 Å². The predicted octanol–water partition coefficient (Wildman–Crippen LogP) is 2.17. The molecule has 0 aliphatic heterocycles. The number of aliphatic carboxylic acids is 1. The van der Waals surface area contributed by atoms with Crippen molar-refractivity contribution in [1.29, 1.82) is 0 Å². The number of carboxylic acid groups (broad SMARTS) is 1. The lowest BCUT2D eigenvalue weighted by Crippen LogP contribution is -2.25. The van der Waals surface area contributed by atoms with Crippen molar-refractivity contribution < 1.29 is 14.7 Å². The van der Waals surface area contributed by atoms with E-state index in [4.69, 9.17) is 5.11 Å². The molecule has 0 saturated carbocycles. The summed E-state index contributed by atoms with van der Waals surface area (Å²) in [6.07, 6.45) is 1.31. The van der Waals surface area contributed by atoms with Crippen LogP contribution in [0.5, 0.6) is 0 Å². The number of carbonyl (C=O) groups excluding carboxylic acids is 1. The van der Waals surface area contributed by atoms with E-state index in [1.165, 1.54) is 0 Å². The number of hydrogen-bond acceptors (Lipinski definition) is 3. The molecular weight excluding hydrogens is 282 g/mol. The van der Waals surface area contributed by atoms with Gasteiger partial charge >= 0.3 is 5.97 Å². The number of carboxylic acids is 1. The molecule has 0 fully saturated rings. The Balaban J connectivity index is 1.93. The summed E-state index contributed by atoms with van der Waals surface area (Å²) < 4.78 is 1.72. The second-order valence-electron chi connectivity index (χ2n) is 5.03. The number of unbranched alkanes of at least 4 members (excludes halogenated alkanes) is 1. The van der Waals surface area contributed by atoms with Crippen LogP contribution in [0.25, 0.3) is 5.69 Å². The van der Waals surface area contributed by atoms with E-state index >= 15 is 0 Å². The second-order valence-corrected chi connectivity index (χ2v) is 5.03. The van der Waals surface area contributed by atoms with E-state index in [2.05, 4.69) is 10.4 Å². The number of hydrogen-bond donors (Lipinski definition) is 2. The molecule has 0 atom stereocenters. The van der Waals surface area contributed by atoms with Crippen LogP contribution in [0.4, 0.5) is 0 Å². The molecule has 0 aliphatic carbocycles. The zero-order valence-electron chi connectivity index (χ0n) is 12.5. The van der Waals surface area contributed by atoms with Crippen molar-refractivity contribution in [2.45, 2.75) is 26.2 Å². The van der Waals surface area contributed by atoms with E-state index in [1.807, 2.05) is 37.3 Å². The first-order valence-corrected chi connectivity index (χ1v) is 7.20. The molecule has 1 aromatic carbocycles. The molecule has 2 aromatic rings. The Morgan fingerprint density at radius 1 is 1.23 bits per heavy atom. The smallest absolute Gasteiger partial charge is 0.303 e. The van der Waals surface area contributed by atoms with Gasteiger partial charge in [-0.05, 0) is 38.0 Å². The van der Waals surface area contributed by atoms with Crippen molar-refractivity contribution in [3.05, 3.63) is 47.8 Å². The molecule has 0 aliphatic rings. The molecule has 2 N–H and O–H groups in total. The Morgan fingerprint density at radius 3 is 2.64 bits per heavy atom. The highest BCUT2D eigenvalue weighted by Gasteiger charge is 2.12. The predicted molar refractivity (Wildman–Crippen MR) is 82.1 cm³/mol. The van der Waals surface area contributed by atoms with Gasteiger partial charge in [-0.1, -0.05) is 18.2 Å². The summed E-state index contributed by atoms with van der Waals surface area (Å²) in [6.45, 7) is 2.34. The average Bonchev–Trinajstić information content (AvgIpc) is 2.89. The van der Waals surface area contributed by atoms with Gasteiger partial charge in [0.1, 0.15) is 0 Å². The first-order chi connectivity index (χ1) is 10.6. The largest absolute Gasteiger partial charge is 0.481 e. The van der Waals surface area contributed by atoms with Crippen molar-refractivity contribution in [2.75, 3.05) is 6.54 Å². The quantitative estimate of drug-likeness (QED) is 0.768. The molecule has 0 radical (unpaired) electrons. The number of amides is 1. The van der Waals surface area contributed by atoms with Crippen LogP contribution in [0.3, 0.4) is 0 Å². The number of para-hydroxylation sites is 1. The van der Waals surface area contributed by atoms with Crippen LogP contribution in [-0.4, -0.2) is 33.3 Å². The maximum atomic E-state index is 12.0. The zero-order valence-corrected chi connectivity index (χ0v) is 12.5. The number of benzene rings is 1. The lowest BCUT2D eigenvalue weighted by molar-refractivity contribution is -0.137. The lowest BCUT2D eigenvalue weighted by Gasteiger charge is -2.03. The second kappa shape index (κ2) is 7.40. The molecule has 1 heterocycles. The molecule has 116 valence electrons. The highest BCUT2D eigenvalue weighted by molar-refractivity contribution is 5.92. The molecule has 0 spiro atoms. The molecule has 2 rings (SSSR count). The van der Waals surface area contributed by atoms with Crippen LogP contribution in [0, 0.1) is 6.92 Å². The normalized spacial score (nSPS) is 10.4. The van der Waals surface area contributed by atoms with E-state index in [0.717, 1.165) is 11.4 Å². The molecule has 22 heavy (non-hydrogen) atoms. The molecule has 0 unspecified atom stereocenters. The van der Waals surface area contributed by atoms with Gasteiger partial charge < -0.3 is 10.4 Å². The SMILES string of the molecule is Cc1cc(C(=O)NCCCCC(=O)O)nn1-c1ccccc1. The number of carbonyl (C=O) groups is 2. The maximum Gasteiger partial charge on any atom is 0.303 e. The number of nitrogens with one attached hydrogen (secondary N) is 1. The number of nitrogens with zero attached hydrogens (tertiary/aromatic N) is 2. The van der Waals surface area contributed by atoms with E-state index < -0.39 is 5.97 Å². The van der Waals surface area contributed by atoms with Crippen LogP contribution >= 0.6 is 0 Å². The Kier molecular flexibility index (Phi) is 5.30. The van der Waals surface area contributed by atoms with Crippen molar-refractivity contribution in [3.63, 3.8) is 0 Å². The highest BCUT2D eigenvalue weighted by atomic mass is 16.4. The number of aromatic nitrogens is 2. The van der Waals surface area contributed by atoms with Gasteiger partial charge in [0.15, 0.2) is 5.69 Å². The van der Waals surface area contributed by atoms with Crippen LogP contribution in [-0.2, 0) is 4.79 Å². The summed E-state index contributed by atoms with van der Waals surface area (Å²) in [5.74, 6) is -1.06. The zero-order chi connectivity index (χ0) is 15.9. The van der Waals surface area contributed by atoms with Gasteiger partial charge in [0, 0.05) is 18.7 Å². The fourth-order valence-corrected chi connectivity index (χ4v) is 2.11. The van der Waals surface area contributed by atoms with Crippen LogP contribution in [0.2, 0.25) is 0 Å². The minimum Gasteiger partial charge on any atom is -0.481 e. The molecular formula is C16H19N3O3. The maximum absolute atomic E-state index is 12.0. The molecule has 6 nitrogen and oxygen atoms in total. The van der Waals surface area contributed by atoms with E-state index in [9.17, 15) is 9.59 Å². The molecule has 0 saturated heterocycles. The number of rotatable bonds is 7. The molecule has 6 heteroatoms. The Bertz CT molecular complexity index is 650. The van der Waals surface area contributed by atoms with Crippen molar-refractivity contribution in [1.82, 2.24) is 15.1 Å². The average molecular weight is 301 g/mol. The van der Waals surface area contributed by atoms with Gasteiger partial charge in [-0.2, -0.15) is 5.10 Å². The van der Waals surface area contributed by atoms with E-state index in [0.29, 0.717) is 25.1 Å². The molecule has 1 aromatic heterocycles. The molecule has 1 amide bonds. The summed E-state index contributed by atoms with van der Waals surface area (Å²) in [5.41, 5.74) is 2.14. The van der Waals surface area contributed by atoms with Gasteiger partial charge in [0.25, 0.3) is 5.91 Å². The minimum atomic E-state index is -0.816. The minimum absolute atomic E-state index is 0.123. The summed E-state index contributed by atoms with van der Waals surface area (Å²) in [4.78, 5) is 22.4. The third-order valence-corrected chi connectivity index (χ3v) is 3.22. The third kappa shape index (κ3) is 4.18. The highest BCUT2D eigenvalue weighted by Crippen LogP contribution is 2.11. The summed E-state index contributed by atoms with van der Waals surface area (Å²) in [6, 6.07) is 11.3. The van der Waals surface area contributed by atoms with Crippen molar-refractivity contribution in [3.8, 4) is 5.69 Å². The van der Waals surface area contributed by atoms with Gasteiger partial charge in [-0.15, -0.1) is 0 Å². The van der Waals surface area contributed by atoms with E-state index in [-0.39, 0.29) is 12.3 Å². The Morgan fingerprint density at radius 2 is 1.95 bits per heavy atom. The van der Waals surface area contributed by atoms with Crippen molar-refractivity contribution in [2.24, 2.45) is 0 Å². The van der Waals surface area contributed by atoms with Gasteiger partial charge in [0.05, 0.1) is 5.69 Å². The first-order valence-electron chi connectivity index (χ1n) is 7.20. The Hall–Kier alpha value is -2.63. The summed E-state index contributed by atoms with van der Waals surface area (Å²) >= 11 is 0. The van der Waals surface area contributed by atoms with Crippen LogP contribution in [0.15, 0.2) is 36.4 Å². The van der Waals surface area contributed by atoms with Crippen LogP contribution < -0.4 is 5.32 Å². The topological polar surface area (TPSA) is 84.2 Å². The summed E-state index contributed by atoms with van der Waals surface area (Å²) in [5, 5.41) is 15.6. The third-order valence-electron chi connectivity index (χ3n) is 3.22. The van der Waals surface area contributed by atoms with Crippen LogP contribution in [0.1, 0.15) is 35.4 Å². The standard InChI is InChI=1S/C16H19N3O3/c1-12-11-14(16(22)17-10-6-5-9-15(20)21)18-19(12)13-7-3-2-4-8-13/h2-4,7-8,11H,5-6,9-10H2,1H3,(H,17,22)(H,20,21). The summed E-state index contributed by atoms with van der Waals surface area (Å²) in [7, 11) is 0. The fraction of sp³-hybridized carbons (Fsp3) is 0.312. The fourth-order valence-electron chi connectivity index (χ4n) is 2.11. The van der Waals surface area contributed by atoms with Crippen molar-refractivity contribution >= 4 is 11.9 Å².